The van der Waals surface area contributed by atoms with E-state index in [1.807, 2.05) is 0 Å². The van der Waals surface area contributed by atoms with Gasteiger partial charge in [-0.05, 0) is 29.7 Å². The number of hydrogen-bond donors (Lipinski definition) is 0. The largest absolute Gasteiger partial charge is 0.457 e. The van der Waals surface area contributed by atoms with Gasteiger partial charge in [0.1, 0.15) is 11.9 Å². The molecule has 1 aliphatic heterocycles. The van der Waals surface area contributed by atoms with Crippen molar-refractivity contribution in [1.29, 1.82) is 0 Å². The van der Waals surface area contributed by atoms with E-state index in [0.717, 1.165) is 17.5 Å². The molecule has 2 unspecified atom stereocenters. The molecular weight excluding hydrogens is 183 g/mol. The van der Waals surface area contributed by atoms with Crippen LogP contribution in [0.2, 0.25) is 0 Å². The molecule has 0 N–H and O–H groups in total. The molecule has 0 spiro atoms. The van der Waals surface area contributed by atoms with Crippen molar-refractivity contribution in [3.05, 3.63) is 35.1 Å². The average molecular weight is 192 g/mol. The summed E-state index contributed by atoms with van der Waals surface area (Å²) in [5, 5.41) is 0. The Morgan fingerprint density at radius 3 is 3.07 bits per heavy atom. The molecule has 72 valence electrons. The number of benzene rings is 1. The molecule has 1 aromatic carbocycles. The van der Waals surface area contributed by atoms with Gasteiger partial charge in [0.25, 0.3) is 0 Å². The van der Waals surface area contributed by atoms with Crippen LogP contribution in [0.3, 0.4) is 0 Å². The van der Waals surface area contributed by atoms with E-state index in [4.69, 9.17) is 4.74 Å². The van der Waals surface area contributed by atoms with Crippen molar-refractivity contribution in [2.45, 2.75) is 18.9 Å². The molecule has 1 aromatic rings. The van der Waals surface area contributed by atoms with E-state index < -0.39 is 0 Å². The summed E-state index contributed by atoms with van der Waals surface area (Å²) >= 11 is 0. The van der Waals surface area contributed by atoms with E-state index in [0.29, 0.717) is 6.42 Å². The van der Waals surface area contributed by atoms with Crippen LogP contribution in [0.25, 0.3) is 0 Å². The van der Waals surface area contributed by atoms with E-state index in [1.165, 1.54) is 12.1 Å². The van der Waals surface area contributed by atoms with Gasteiger partial charge in [-0.25, -0.2) is 4.39 Å². The first-order chi connectivity index (χ1) is 6.74. The molecule has 2 atom stereocenters. The number of carbonyl (C=O) groups is 1. The van der Waals surface area contributed by atoms with Crippen molar-refractivity contribution in [2.75, 3.05) is 0 Å². The van der Waals surface area contributed by atoms with Gasteiger partial charge in [-0.2, -0.15) is 0 Å². The molecule has 0 radical (unpaired) electrons. The lowest BCUT2D eigenvalue weighted by Crippen LogP contribution is -1.99. The molecule has 3 rings (SSSR count). The van der Waals surface area contributed by atoms with Crippen molar-refractivity contribution in [2.24, 2.45) is 5.92 Å². The number of esters is 1. The molecule has 0 bridgehead atoms. The second-order valence-corrected chi connectivity index (χ2v) is 3.92. The summed E-state index contributed by atoms with van der Waals surface area (Å²) in [5.74, 6) is -0.179. The Morgan fingerprint density at radius 1 is 1.36 bits per heavy atom. The van der Waals surface area contributed by atoms with Crippen LogP contribution in [-0.4, -0.2) is 5.97 Å². The monoisotopic (exact) mass is 192 g/mol. The topological polar surface area (TPSA) is 26.3 Å². The maximum Gasteiger partial charge on any atom is 0.306 e. The number of carbonyl (C=O) groups excluding carboxylic acids is 1. The van der Waals surface area contributed by atoms with E-state index in [1.54, 1.807) is 6.07 Å². The highest BCUT2D eigenvalue weighted by Crippen LogP contribution is 2.45. The van der Waals surface area contributed by atoms with Gasteiger partial charge in [0, 0.05) is 5.92 Å². The quantitative estimate of drug-likeness (QED) is 0.587. The lowest BCUT2D eigenvalue weighted by atomic mass is 10.0. The first-order valence-corrected chi connectivity index (χ1v) is 4.72. The predicted molar refractivity (Wildman–Crippen MR) is 47.0 cm³/mol. The van der Waals surface area contributed by atoms with Crippen LogP contribution in [-0.2, 0) is 16.0 Å². The van der Waals surface area contributed by atoms with Crippen LogP contribution in [0.5, 0.6) is 0 Å². The molecule has 14 heavy (non-hydrogen) atoms. The number of ether oxygens (including phenoxy) is 1. The zero-order valence-electron chi connectivity index (χ0n) is 7.50. The van der Waals surface area contributed by atoms with E-state index >= 15 is 0 Å². The maximum atomic E-state index is 13.0. The van der Waals surface area contributed by atoms with Crippen molar-refractivity contribution in [1.82, 2.24) is 0 Å². The molecule has 1 fully saturated rings. The highest BCUT2D eigenvalue weighted by atomic mass is 19.1. The summed E-state index contributed by atoms with van der Waals surface area (Å²) in [6.45, 7) is 0. The molecule has 0 saturated carbocycles. The minimum atomic E-state index is -0.257. The molecule has 2 nitrogen and oxygen atoms in total. The van der Waals surface area contributed by atoms with Crippen LogP contribution in [0, 0.1) is 11.7 Å². The van der Waals surface area contributed by atoms with Gasteiger partial charge in [0.2, 0.25) is 0 Å². The lowest BCUT2D eigenvalue weighted by molar-refractivity contribution is -0.141. The minimum Gasteiger partial charge on any atom is -0.457 e. The van der Waals surface area contributed by atoms with E-state index in [9.17, 15) is 9.18 Å². The SMILES string of the molecule is O=C1CC2Cc3ccc(F)cc3C2O1. The molecular formula is C11H9FO2. The van der Waals surface area contributed by atoms with Crippen LogP contribution in [0.1, 0.15) is 23.7 Å². The standard InChI is InChI=1S/C11H9FO2/c12-8-2-1-6-3-7-4-10(13)14-11(7)9(6)5-8/h1-2,5,7,11H,3-4H2. The molecule has 2 aliphatic rings. The highest BCUT2D eigenvalue weighted by Gasteiger charge is 2.42. The maximum absolute atomic E-state index is 13.0. The number of halogens is 1. The third kappa shape index (κ3) is 0.983. The van der Waals surface area contributed by atoms with Crippen LogP contribution >= 0.6 is 0 Å². The predicted octanol–water partition coefficient (Wildman–Crippen LogP) is 1.99. The van der Waals surface area contributed by atoms with Crippen molar-refractivity contribution in [3.8, 4) is 0 Å². The molecule has 1 aliphatic carbocycles. The number of hydrogen-bond acceptors (Lipinski definition) is 2. The smallest absolute Gasteiger partial charge is 0.306 e. The summed E-state index contributed by atoms with van der Waals surface area (Å²) in [5.41, 5.74) is 1.98. The van der Waals surface area contributed by atoms with E-state index in [-0.39, 0.29) is 23.8 Å². The van der Waals surface area contributed by atoms with Crippen LogP contribution < -0.4 is 0 Å². The Morgan fingerprint density at radius 2 is 2.21 bits per heavy atom. The van der Waals surface area contributed by atoms with Crippen molar-refractivity contribution >= 4 is 5.97 Å². The fraction of sp³-hybridized carbons (Fsp3) is 0.364. The van der Waals surface area contributed by atoms with Gasteiger partial charge >= 0.3 is 5.97 Å². The summed E-state index contributed by atoms with van der Waals surface area (Å²) < 4.78 is 18.1. The Balaban J connectivity index is 2.07. The fourth-order valence-corrected chi connectivity index (χ4v) is 2.40. The molecule has 0 aromatic heterocycles. The Kier molecular flexibility index (Phi) is 1.46. The van der Waals surface area contributed by atoms with Gasteiger partial charge in [0.05, 0.1) is 6.42 Å². The molecule has 1 heterocycles. The summed E-state index contributed by atoms with van der Waals surface area (Å²) in [6.07, 6.45) is 1.13. The fourth-order valence-electron chi connectivity index (χ4n) is 2.40. The molecule has 1 saturated heterocycles. The first-order valence-electron chi connectivity index (χ1n) is 4.72. The zero-order chi connectivity index (χ0) is 9.71. The third-order valence-electron chi connectivity index (χ3n) is 3.01. The van der Waals surface area contributed by atoms with Crippen LogP contribution in [0.4, 0.5) is 4.39 Å². The van der Waals surface area contributed by atoms with Crippen LogP contribution in [0.15, 0.2) is 18.2 Å². The van der Waals surface area contributed by atoms with Gasteiger partial charge in [-0.15, -0.1) is 0 Å². The minimum absolute atomic E-state index is 0.157. The zero-order valence-corrected chi connectivity index (χ0v) is 7.50. The second-order valence-electron chi connectivity index (χ2n) is 3.92. The van der Waals surface area contributed by atoms with Gasteiger partial charge in [-0.1, -0.05) is 6.07 Å². The first kappa shape index (κ1) is 7.97. The second kappa shape index (κ2) is 2.56. The third-order valence-corrected chi connectivity index (χ3v) is 3.01. The average Bonchev–Trinajstić information content (AvgIpc) is 2.62. The van der Waals surface area contributed by atoms with Gasteiger partial charge < -0.3 is 4.74 Å². The Hall–Kier alpha value is -1.38. The lowest BCUT2D eigenvalue weighted by Gasteiger charge is -2.08. The number of rotatable bonds is 0. The Bertz CT molecular complexity index is 414. The molecule has 3 heteroatoms. The van der Waals surface area contributed by atoms with E-state index in [2.05, 4.69) is 0 Å². The molecule has 0 amide bonds. The van der Waals surface area contributed by atoms with Crippen molar-refractivity contribution < 1.29 is 13.9 Å². The Labute approximate surface area is 80.7 Å². The van der Waals surface area contributed by atoms with Gasteiger partial charge in [-0.3, -0.25) is 4.79 Å². The highest BCUT2D eigenvalue weighted by molar-refractivity contribution is 5.73. The summed E-state index contributed by atoms with van der Waals surface area (Å²) in [6, 6.07) is 4.73. The summed E-state index contributed by atoms with van der Waals surface area (Å²) in [7, 11) is 0. The normalized spacial score (nSPS) is 28.5. The van der Waals surface area contributed by atoms with Gasteiger partial charge in [0.15, 0.2) is 0 Å². The summed E-state index contributed by atoms with van der Waals surface area (Å²) in [4.78, 5) is 11.0. The van der Waals surface area contributed by atoms with Crippen molar-refractivity contribution in [3.63, 3.8) is 0 Å². The number of fused-ring (bicyclic) bond motifs is 3.